The molecule has 1 amide bonds. The largest absolute Gasteiger partial charge is 0.338 e. The van der Waals surface area contributed by atoms with Gasteiger partial charge in [0.25, 0.3) is 0 Å². The van der Waals surface area contributed by atoms with Crippen molar-refractivity contribution in [3.8, 4) is 0 Å². The topological polar surface area (TPSA) is 32.3 Å². The molecule has 0 bridgehead atoms. The molecule has 2 aliphatic rings. The van der Waals surface area contributed by atoms with Gasteiger partial charge in [-0.15, -0.1) is 0 Å². The standard InChI is InChI=1S/C14H16Cl2N2O/c15-11-5-9-2-4-18(8-12(9)13(16)6-11)14(19)10-1-3-17-7-10/h5-6,10,17H,1-4,7-8H2. The third kappa shape index (κ3) is 2.60. The number of benzene rings is 1. The van der Waals surface area contributed by atoms with Gasteiger partial charge in [0.1, 0.15) is 0 Å². The Balaban J connectivity index is 1.80. The summed E-state index contributed by atoms with van der Waals surface area (Å²) in [4.78, 5) is 14.3. The normalized spacial score (nSPS) is 22.4. The average molecular weight is 299 g/mol. The van der Waals surface area contributed by atoms with Gasteiger partial charge in [0.15, 0.2) is 0 Å². The van der Waals surface area contributed by atoms with Gasteiger partial charge in [0, 0.05) is 29.7 Å². The molecule has 0 radical (unpaired) electrons. The van der Waals surface area contributed by atoms with Gasteiger partial charge in [-0.2, -0.15) is 0 Å². The summed E-state index contributed by atoms with van der Waals surface area (Å²) in [7, 11) is 0. The first-order valence-electron chi connectivity index (χ1n) is 6.61. The summed E-state index contributed by atoms with van der Waals surface area (Å²) in [5.74, 6) is 0.384. The Morgan fingerprint density at radius 3 is 2.95 bits per heavy atom. The quantitative estimate of drug-likeness (QED) is 0.864. The number of nitrogens with zero attached hydrogens (tertiary/aromatic N) is 1. The summed E-state index contributed by atoms with van der Waals surface area (Å²) >= 11 is 12.3. The molecule has 1 fully saturated rings. The second kappa shape index (κ2) is 5.31. The number of hydrogen-bond donors (Lipinski definition) is 1. The zero-order valence-electron chi connectivity index (χ0n) is 10.6. The fraction of sp³-hybridized carbons (Fsp3) is 0.500. The van der Waals surface area contributed by atoms with Crippen molar-refractivity contribution in [2.75, 3.05) is 19.6 Å². The van der Waals surface area contributed by atoms with E-state index < -0.39 is 0 Å². The van der Waals surface area contributed by atoms with Crippen LogP contribution in [-0.4, -0.2) is 30.4 Å². The maximum absolute atomic E-state index is 12.4. The lowest BCUT2D eigenvalue weighted by Crippen LogP contribution is -2.40. The second-order valence-electron chi connectivity index (χ2n) is 5.22. The van der Waals surface area contributed by atoms with Gasteiger partial charge in [0.05, 0.1) is 5.92 Å². The van der Waals surface area contributed by atoms with Gasteiger partial charge in [-0.05, 0) is 42.6 Å². The summed E-state index contributed by atoms with van der Waals surface area (Å²) in [5.41, 5.74) is 2.22. The minimum absolute atomic E-state index is 0.132. The maximum atomic E-state index is 12.4. The Labute approximate surface area is 122 Å². The smallest absolute Gasteiger partial charge is 0.227 e. The molecule has 0 spiro atoms. The van der Waals surface area contributed by atoms with Crippen molar-refractivity contribution in [1.29, 1.82) is 0 Å². The fourth-order valence-corrected chi connectivity index (χ4v) is 3.49. The monoisotopic (exact) mass is 298 g/mol. The molecule has 2 aliphatic heterocycles. The number of nitrogens with one attached hydrogen (secondary N) is 1. The number of fused-ring (bicyclic) bond motifs is 1. The van der Waals surface area contributed by atoms with Gasteiger partial charge in [0.2, 0.25) is 5.91 Å². The summed E-state index contributed by atoms with van der Waals surface area (Å²) < 4.78 is 0. The van der Waals surface area contributed by atoms with E-state index >= 15 is 0 Å². The fourth-order valence-electron chi connectivity index (χ4n) is 2.89. The molecular formula is C14H16Cl2N2O. The number of amides is 1. The molecule has 1 N–H and O–H groups in total. The summed E-state index contributed by atoms with van der Waals surface area (Å²) in [5, 5.41) is 4.58. The summed E-state index contributed by atoms with van der Waals surface area (Å²) in [6.45, 7) is 3.12. The molecule has 1 aromatic carbocycles. The van der Waals surface area contributed by atoms with Gasteiger partial charge < -0.3 is 10.2 Å². The van der Waals surface area contributed by atoms with Crippen LogP contribution in [0.25, 0.3) is 0 Å². The van der Waals surface area contributed by atoms with Crippen LogP contribution in [0, 0.1) is 5.92 Å². The van der Waals surface area contributed by atoms with Crippen molar-refractivity contribution >= 4 is 29.1 Å². The average Bonchev–Trinajstić information content (AvgIpc) is 2.91. The maximum Gasteiger partial charge on any atom is 0.227 e. The lowest BCUT2D eigenvalue weighted by Gasteiger charge is -2.31. The minimum Gasteiger partial charge on any atom is -0.338 e. The second-order valence-corrected chi connectivity index (χ2v) is 6.07. The number of rotatable bonds is 1. The molecule has 1 saturated heterocycles. The van der Waals surface area contributed by atoms with Gasteiger partial charge in [-0.25, -0.2) is 0 Å². The van der Waals surface area contributed by atoms with E-state index in [0.717, 1.165) is 38.0 Å². The molecular weight excluding hydrogens is 283 g/mol. The van der Waals surface area contributed by atoms with Crippen molar-refractivity contribution < 1.29 is 4.79 Å². The van der Waals surface area contributed by atoms with Crippen molar-refractivity contribution in [2.45, 2.75) is 19.4 Å². The van der Waals surface area contributed by atoms with Gasteiger partial charge >= 0.3 is 0 Å². The molecule has 0 aliphatic carbocycles. The number of hydrogen-bond acceptors (Lipinski definition) is 2. The summed E-state index contributed by atoms with van der Waals surface area (Å²) in [6, 6.07) is 3.72. The zero-order chi connectivity index (χ0) is 13.4. The van der Waals surface area contributed by atoms with E-state index in [2.05, 4.69) is 5.32 Å². The van der Waals surface area contributed by atoms with E-state index in [1.54, 1.807) is 6.07 Å². The highest BCUT2D eigenvalue weighted by atomic mass is 35.5. The van der Waals surface area contributed by atoms with E-state index in [1.807, 2.05) is 11.0 Å². The first-order valence-corrected chi connectivity index (χ1v) is 7.37. The van der Waals surface area contributed by atoms with Crippen LogP contribution in [0.2, 0.25) is 10.0 Å². The number of halogens is 2. The van der Waals surface area contributed by atoms with Crippen molar-refractivity contribution in [2.24, 2.45) is 5.92 Å². The van der Waals surface area contributed by atoms with Crippen molar-refractivity contribution in [3.05, 3.63) is 33.3 Å². The van der Waals surface area contributed by atoms with E-state index in [-0.39, 0.29) is 11.8 Å². The molecule has 19 heavy (non-hydrogen) atoms. The summed E-state index contributed by atoms with van der Waals surface area (Å²) in [6.07, 6.45) is 1.78. The van der Waals surface area contributed by atoms with Crippen molar-refractivity contribution in [1.82, 2.24) is 10.2 Å². The van der Waals surface area contributed by atoms with Gasteiger partial charge in [-0.1, -0.05) is 23.2 Å². The minimum atomic E-state index is 0.132. The molecule has 3 rings (SSSR count). The highest BCUT2D eigenvalue weighted by Gasteiger charge is 2.30. The van der Waals surface area contributed by atoms with Crippen LogP contribution in [0.3, 0.4) is 0 Å². The predicted molar refractivity (Wildman–Crippen MR) is 76.6 cm³/mol. The molecule has 3 nitrogen and oxygen atoms in total. The number of carbonyl (C=O) groups excluding carboxylic acids is 1. The lowest BCUT2D eigenvalue weighted by molar-refractivity contribution is -0.135. The highest BCUT2D eigenvalue weighted by Crippen LogP contribution is 2.30. The van der Waals surface area contributed by atoms with Crippen LogP contribution in [0.1, 0.15) is 17.5 Å². The number of carbonyl (C=O) groups is 1. The Bertz CT molecular complexity index is 512. The Hall–Kier alpha value is -0.770. The van der Waals surface area contributed by atoms with Crippen LogP contribution in [0.4, 0.5) is 0 Å². The molecule has 0 saturated carbocycles. The van der Waals surface area contributed by atoms with Crippen molar-refractivity contribution in [3.63, 3.8) is 0 Å². The molecule has 102 valence electrons. The first-order chi connectivity index (χ1) is 9.15. The van der Waals surface area contributed by atoms with Crippen LogP contribution >= 0.6 is 23.2 Å². The Kier molecular flexibility index (Phi) is 3.70. The van der Waals surface area contributed by atoms with E-state index in [4.69, 9.17) is 23.2 Å². The third-order valence-corrected chi connectivity index (χ3v) is 4.53. The lowest BCUT2D eigenvalue weighted by atomic mass is 9.98. The first kappa shape index (κ1) is 13.2. The van der Waals surface area contributed by atoms with Gasteiger partial charge in [-0.3, -0.25) is 4.79 Å². The Morgan fingerprint density at radius 1 is 1.37 bits per heavy atom. The zero-order valence-corrected chi connectivity index (χ0v) is 12.1. The van der Waals surface area contributed by atoms with Crippen LogP contribution in [0.5, 0.6) is 0 Å². The van der Waals surface area contributed by atoms with E-state index in [1.165, 1.54) is 5.56 Å². The van der Waals surface area contributed by atoms with Crippen LogP contribution in [0.15, 0.2) is 12.1 Å². The predicted octanol–water partition coefficient (Wildman–Crippen LogP) is 2.49. The molecule has 5 heteroatoms. The molecule has 1 atom stereocenters. The highest BCUT2D eigenvalue weighted by molar-refractivity contribution is 6.35. The molecule has 0 aromatic heterocycles. The third-order valence-electron chi connectivity index (χ3n) is 3.97. The Morgan fingerprint density at radius 2 is 2.21 bits per heavy atom. The SMILES string of the molecule is O=C(C1CCNC1)N1CCc2cc(Cl)cc(Cl)c2C1. The van der Waals surface area contributed by atoms with E-state index in [0.29, 0.717) is 16.6 Å². The molecule has 2 heterocycles. The molecule has 1 unspecified atom stereocenters. The molecule has 1 aromatic rings. The van der Waals surface area contributed by atoms with E-state index in [9.17, 15) is 4.79 Å². The van der Waals surface area contributed by atoms with Crippen LogP contribution in [-0.2, 0) is 17.8 Å². The van der Waals surface area contributed by atoms with Crippen LogP contribution < -0.4 is 5.32 Å².